The molecular formula is C14H18N2O2S2. The molecule has 108 valence electrons. The van der Waals surface area contributed by atoms with E-state index in [-0.39, 0.29) is 0 Å². The van der Waals surface area contributed by atoms with E-state index < -0.39 is 10.0 Å². The number of nitrogens with zero attached hydrogens (tertiary/aromatic N) is 1. The van der Waals surface area contributed by atoms with Crippen LogP contribution in [0.5, 0.6) is 0 Å². The van der Waals surface area contributed by atoms with Crippen LogP contribution in [-0.2, 0) is 16.4 Å². The molecule has 0 aliphatic rings. The Labute approximate surface area is 123 Å². The highest BCUT2D eigenvalue weighted by atomic mass is 32.2. The Morgan fingerprint density at radius 1 is 1.20 bits per heavy atom. The molecule has 2 aromatic rings. The molecule has 1 N–H and O–H groups in total. The molecule has 0 aliphatic carbocycles. The van der Waals surface area contributed by atoms with Crippen molar-refractivity contribution in [1.29, 1.82) is 0 Å². The molecule has 20 heavy (non-hydrogen) atoms. The molecule has 6 heteroatoms. The lowest BCUT2D eigenvalue weighted by atomic mass is 10.2. The third-order valence-electron chi connectivity index (χ3n) is 3.09. The van der Waals surface area contributed by atoms with Gasteiger partial charge in [-0.15, -0.1) is 11.3 Å². The molecule has 4 nitrogen and oxygen atoms in total. The quantitative estimate of drug-likeness (QED) is 0.923. The molecule has 1 heterocycles. The van der Waals surface area contributed by atoms with Crippen molar-refractivity contribution < 1.29 is 8.42 Å². The first-order chi connectivity index (χ1) is 9.40. The van der Waals surface area contributed by atoms with Crippen LogP contribution in [0.25, 0.3) is 0 Å². The molecule has 1 aromatic heterocycles. The smallest absolute Gasteiger partial charge is 0.240 e. The Morgan fingerprint density at radius 3 is 2.50 bits per heavy atom. The van der Waals surface area contributed by atoms with Crippen molar-refractivity contribution >= 4 is 21.4 Å². The van der Waals surface area contributed by atoms with Gasteiger partial charge in [0.1, 0.15) is 0 Å². The Hall–Kier alpha value is -1.24. The van der Waals surface area contributed by atoms with Gasteiger partial charge >= 0.3 is 0 Å². The highest BCUT2D eigenvalue weighted by Crippen LogP contribution is 2.17. The number of rotatable bonds is 5. The summed E-state index contributed by atoms with van der Waals surface area (Å²) in [6.45, 7) is 6.14. The van der Waals surface area contributed by atoms with E-state index in [1.807, 2.05) is 19.9 Å². The molecule has 0 aliphatic heterocycles. The van der Waals surface area contributed by atoms with Crippen LogP contribution in [0.15, 0.2) is 29.2 Å². The summed E-state index contributed by atoms with van der Waals surface area (Å²) >= 11 is 1.62. The van der Waals surface area contributed by atoms with Gasteiger partial charge in [-0.25, -0.2) is 18.1 Å². The molecule has 1 aromatic carbocycles. The monoisotopic (exact) mass is 310 g/mol. The summed E-state index contributed by atoms with van der Waals surface area (Å²) < 4.78 is 27.0. The van der Waals surface area contributed by atoms with Crippen LogP contribution in [0.3, 0.4) is 0 Å². The average molecular weight is 310 g/mol. The molecule has 0 fully saturated rings. The van der Waals surface area contributed by atoms with Crippen LogP contribution in [0.1, 0.15) is 21.1 Å². The molecule has 0 amide bonds. The number of aryl methyl sites for hydroxylation is 3. The van der Waals surface area contributed by atoms with E-state index in [4.69, 9.17) is 0 Å². The van der Waals surface area contributed by atoms with Gasteiger partial charge in [0.05, 0.1) is 15.6 Å². The summed E-state index contributed by atoms with van der Waals surface area (Å²) in [6.07, 6.45) is 0.616. The molecule has 0 atom stereocenters. The predicted molar refractivity (Wildman–Crippen MR) is 81.7 cm³/mol. The zero-order valence-electron chi connectivity index (χ0n) is 11.8. The summed E-state index contributed by atoms with van der Waals surface area (Å²) in [5.41, 5.74) is 1.77. The lowest BCUT2D eigenvalue weighted by molar-refractivity contribution is 0.581. The lowest BCUT2D eigenvalue weighted by Crippen LogP contribution is -2.26. The molecule has 0 saturated heterocycles. The van der Waals surface area contributed by atoms with Gasteiger partial charge in [-0.3, -0.25) is 0 Å². The first-order valence-electron chi connectivity index (χ1n) is 6.38. The highest BCUT2D eigenvalue weighted by Gasteiger charge is 2.15. The minimum atomic E-state index is -3.44. The van der Waals surface area contributed by atoms with Crippen molar-refractivity contribution in [3.05, 3.63) is 45.4 Å². The summed E-state index contributed by atoms with van der Waals surface area (Å²) in [4.78, 5) is 5.93. The number of thiazole rings is 1. The van der Waals surface area contributed by atoms with Gasteiger partial charge in [-0.2, -0.15) is 0 Å². The summed E-state index contributed by atoms with van der Waals surface area (Å²) in [5, 5.41) is 0.965. The van der Waals surface area contributed by atoms with Crippen LogP contribution in [0.4, 0.5) is 0 Å². The van der Waals surface area contributed by atoms with E-state index in [1.165, 1.54) is 4.88 Å². The molecular weight excluding hydrogens is 292 g/mol. The van der Waals surface area contributed by atoms with Gasteiger partial charge in [0.25, 0.3) is 0 Å². The summed E-state index contributed by atoms with van der Waals surface area (Å²) in [6, 6.07) is 6.97. The third-order valence-corrected chi connectivity index (χ3v) is 5.84. The number of benzene rings is 1. The maximum atomic E-state index is 12.2. The van der Waals surface area contributed by atoms with Gasteiger partial charge in [0, 0.05) is 17.8 Å². The summed E-state index contributed by atoms with van der Waals surface area (Å²) in [5.74, 6) is 0. The van der Waals surface area contributed by atoms with E-state index in [2.05, 4.69) is 9.71 Å². The van der Waals surface area contributed by atoms with Gasteiger partial charge in [-0.1, -0.05) is 18.2 Å². The van der Waals surface area contributed by atoms with Crippen molar-refractivity contribution in [3.63, 3.8) is 0 Å². The minimum absolute atomic E-state index is 0.339. The van der Waals surface area contributed by atoms with Gasteiger partial charge in [-0.05, 0) is 32.4 Å². The molecule has 0 unspecified atom stereocenters. The number of sulfonamides is 1. The normalized spacial score (nSPS) is 11.8. The second-order valence-corrected chi connectivity index (χ2v) is 7.69. The van der Waals surface area contributed by atoms with E-state index >= 15 is 0 Å². The zero-order chi connectivity index (χ0) is 14.8. The molecule has 0 saturated carbocycles. The van der Waals surface area contributed by atoms with Crippen molar-refractivity contribution in [1.82, 2.24) is 9.71 Å². The maximum Gasteiger partial charge on any atom is 0.240 e. The second kappa shape index (κ2) is 6.03. The van der Waals surface area contributed by atoms with Crippen LogP contribution in [0, 0.1) is 20.8 Å². The first kappa shape index (κ1) is 15.2. The number of hydrogen-bond donors (Lipinski definition) is 1. The van der Waals surface area contributed by atoms with Crippen LogP contribution in [0.2, 0.25) is 0 Å². The van der Waals surface area contributed by atoms with Crippen molar-refractivity contribution in [2.45, 2.75) is 32.1 Å². The first-order valence-corrected chi connectivity index (χ1v) is 8.68. The standard InChI is InChI=1S/C14H18N2O2S2/c1-10-6-4-5-7-13(10)20(17,18)15-9-8-14-16-11(2)12(3)19-14/h4-7,15H,8-9H2,1-3H3. The molecule has 0 spiro atoms. The Kier molecular flexibility index (Phi) is 4.57. The molecule has 0 bridgehead atoms. The average Bonchev–Trinajstić information content (AvgIpc) is 2.68. The Balaban J connectivity index is 2.02. The highest BCUT2D eigenvalue weighted by molar-refractivity contribution is 7.89. The fourth-order valence-electron chi connectivity index (χ4n) is 1.87. The zero-order valence-corrected chi connectivity index (χ0v) is 13.4. The molecule has 0 radical (unpaired) electrons. The minimum Gasteiger partial charge on any atom is -0.246 e. The van der Waals surface area contributed by atoms with Crippen molar-refractivity contribution in [2.24, 2.45) is 0 Å². The second-order valence-electron chi connectivity index (χ2n) is 4.66. The number of hydrogen-bond acceptors (Lipinski definition) is 4. The lowest BCUT2D eigenvalue weighted by Gasteiger charge is -2.08. The van der Waals surface area contributed by atoms with Crippen molar-refractivity contribution in [3.8, 4) is 0 Å². The predicted octanol–water partition coefficient (Wildman–Crippen LogP) is 2.59. The largest absolute Gasteiger partial charge is 0.246 e. The van der Waals surface area contributed by atoms with Crippen LogP contribution < -0.4 is 4.72 Å². The van der Waals surface area contributed by atoms with Crippen LogP contribution in [-0.4, -0.2) is 19.9 Å². The van der Waals surface area contributed by atoms with E-state index in [1.54, 1.807) is 36.5 Å². The van der Waals surface area contributed by atoms with Gasteiger partial charge < -0.3 is 0 Å². The topological polar surface area (TPSA) is 59.1 Å². The van der Waals surface area contributed by atoms with E-state index in [0.29, 0.717) is 17.9 Å². The number of nitrogens with one attached hydrogen (secondary N) is 1. The van der Waals surface area contributed by atoms with Gasteiger partial charge in [0.2, 0.25) is 10.0 Å². The van der Waals surface area contributed by atoms with Crippen molar-refractivity contribution in [2.75, 3.05) is 6.54 Å². The Bertz CT molecular complexity index is 686. The molecule has 2 rings (SSSR count). The van der Waals surface area contributed by atoms with E-state index in [0.717, 1.165) is 16.3 Å². The maximum absolute atomic E-state index is 12.2. The third kappa shape index (κ3) is 3.45. The SMILES string of the molecule is Cc1ccccc1S(=O)(=O)NCCc1nc(C)c(C)s1. The Morgan fingerprint density at radius 2 is 1.90 bits per heavy atom. The van der Waals surface area contributed by atoms with Gasteiger partial charge in [0.15, 0.2) is 0 Å². The fraction of sp³-hybridized carbons (Fsp3) is 0.357. The van der Waals surface area contributed by atoms with E-state index in [9.17, 15) is 8.42 Å². The fourth-order valence-corrected chi connectivity index (χ4v) is 4.08. The summed E-state index contributed by atoms with van der Waals surface area (Å²) in [7, 11) is -3.44. The van der Waals surface area contributed by atoms with Crippen LogP contribution >= 0.6 is 11.3 Å². The number of aromatic nitrogens is 1.